The van der Waals surface area contributed by atoms with Crippen molar-refractivity contribution in [3.05, 3.63) is 35.3 Å². The lowest BCUT2D eigenvalue weighted by Crippen LogP contribution is -2.05. The van der Waals surface area contributed by atoms with E-state index in [-0.39, 0.29) is 29.7 Å². The van der Waals surface area contributed by atoms with Gasteiger partial charge >= 0.3 is 5.97 Å². The van der Waals surface area contributed by atoms with Gasteiger partial charge in [-0.2, -0.15) is 0 Å². The van der Waals surface area contributed by atoms with Crippen LogP contribution in [0.4, 0.5) is 4.39 Å². The zero-order valence-corrected chi connectivity index (χ0v) is 12.4. The third kappa shape index (κ3) is 3.05. The Morgan fingerprint density at radius 2 is 2.05 bits per heavy atom. The van der Waals surface area contributed by atoms with E-state index in [9.17, 15) is 14.0 Å². The molecule has 0 amide bonds. The molecule has 5 nitrogen and oxygen atoms in total. The van der Waals surface area contributed by atoms with Crippen molar-refractivity contribution in [1.82, 2.24) is 4.98 Å². The summed E-state index contributed by atoms with van der Waals surface area (Å²) in [5, 5.41) is 9.06. The minimum Gasteiger partial charge on any atom is -0.496 e. The van der Waals surface area contributed by atoms with Crippen LogP contribution in [0, 0.1) is 5.82 Å². The number of ether oxygens (including phenoxy) is 1. The fourth-order valence-corrected chi connectivity index (χ4v) is 2.28. The van der Waals surface area contributed by atoms with Gasteiger partial charge in [-0.05, 0) is 18.6 Å². The maximum Gasteiger partial charge on any atom is 0.303 e. The second kappa shape index (κ2) is 6.51. The monoisotopic (exact) mass is 305 g/mol. The quantitative estimate of drug-likeness (QED) is 0.830. The maximum atomic E-state index is 14.4. The SMILES string of the molecule is CCc1c(OC)cc2cc(C(=O)CCC(=O)O)cnc2c1F. The molecule has 0 aliphatic heterocycles. The minimum absolute atomic E-state index is 0.116. The molecule has 2 rings (SSSR count). The lowest BCUT2D eigenvalue weighted by Gasteiger charge is -2.11. The van der Waals surface area contributed by atoms with Crippen LogP contribution in [0.3, 0.4) is 0 Å². The largest absolute Gasteiger partial charge is 0.496 e. The van der Waals surface area contributed by atoms with Crippen molar-refractivity contribution < 1.29 is 23.8 Å². The van der Waals surface area contributed by atoms with E-state index in [1.165, 1.54) is 19.4 Å². The standard InChI is InChI=1S/C16H16FNO4/c1-3-11-13(22-2)7-9-6-10(8-18-16(9)15(11)17)12(19)4-5-14(20)21/h6-8H,3-5H2,1-2H3,(H,20,21). The molecule has 0 radical (unpaired) electrons. The van der Waals surface area contributed by atoms with Crippen LogP contribution >= 0.6 is 0 Å². The molecule has 1 aromatic carbocycles. The predicted octanol–water partition coefficient (Wildman–Crippen LogP) is 2.99. The van der Waals surface area contributed by atoms with Crippen LogP contribution in [-0.4, -0.2) is 29.0 Å². The first-order valence-corrected chi connectivity index (χ1v) is 6.88. The summed E-state index contributed by atoms with van der Waals surface area (Å²) in [7, 11) is 1.45. The number of fused-ring (bicyclic) bond motifs is 1. The molecule has 22 heavy (non-hydrogen) atoms. The van der Waals surface area contributed by atoms with Gasteiger partial charge in [0, 0.05) is 29.1 Å². The fourth-order valence-electron chi connectivity index (χ4n) is 2.28. The van der Waals surface area contributed by atoms with E-state index in [1.54, 1.807) is 6.07 Å². The molecule has 1 N–H and O–H groups in total. The third-order valence-corrected chi connectivity index (χ3v) is 3.44. The summed E-state index contributed by atoms with van der Waals surface area (Å²) in [6.07, 6.45) is 1.38. The lowest BCUT2D eigenvalue weighted by molar-refractivity contribution is -0.136. The molecule has 0 aliphatic rings. The molecular weight excluding hydrogens is 289 g/mol. The first-order chi connectivity index (χ1) is 10.5. The highest BCUT2D eigenvalue weighted by atomic mass is 19.1. The number of carboxylic acids is 1. The van der Waals surface area contributed by atoms with Crippen molar-refractivity contribution in [3.63, 3.8) is 0 Å². The maximum absolute atomic E-state index is 14.4. The summed E-state index contributed by atoms with van der Waals surface area (Å²) in [6, 6.07) is 3.15. The van der Waals surface area contributed by atoms with Crippen LogP contribution in [0.15, 0.2) is 18.3 Å². The molecular formula is C16H16FNO4. The summed E-state index contributed by atoms with van der Waals surface area (Å²) in [4.78, 5) is 26.5. The minimum atomic E-state index is -1.04. The number of methoxy groups -OCH3 is 1. The second-order valence-electron chi connectivity index (χ2n) is 4.84. The number of carboxylic acid groups (broad SMARTS) is 1. The summed E-state index contributed by atoms with van der Waals surface area (Å²) in [6.45, 7) is 1.82. The van der Waals surface area contributed by atoms with Crippen LogP contribution in [0.2, 0.25) is 0 Å². The normalized spacial score (nSPS) is 10.7. The second-order valence-corrected chi connectivity index (χ2v) is 4.84. The van der Waals surface area contributed by atoms with E-state index in [0.717, 1.165) is 0 Å². The Labute approximate surface area is 126 Å². The highest BCUT2D eigenvalue weighted by Gasteiger charge is 2.16. The molecule has 0 unspecified atom stereocenters. The molecule has 2 aromatic rings. The zero-order valence-electron chi connectivity index (χ0n) is 12.4. The Hall–Kier alpha value is -2.50. The molecule has 0 atom stereocenters. The van der Waals surface area contributed by atoms with E-state index < -0.39 is 11.8 Å². The number of carbonyl (C=O) groups excluding carboxylic acids is 1. The van der Waals surface area contributed by atoms with Gasteiger partial charge in [-0.3, -0.25) is 14.6 Å². The number of ketones is 1. The molecule has 6 heteroatoms. The Morgan fingerprint density at radius 3 is 2.64 bits per heavy atom. The molecule has 1 heterocycles. The number of benzene rings is 1. The smallest absolute Gasteiger partial charge is 0.303 e. The van der Waals surface area contributed by atoms with E-state index >= 15 is 0 Å². The molecule has 0 bridgehead atoms. The van der Waals surface area contributed by atoms with Crippen LogP contribution < -0.4 is 4.74 Å². The van der Waals surface area contributed by atoms with Gasteiger partial charge in [-0.15, -0.1) is 0 Å². The van der Waals surface area contributed by atoms with Gasteiger partial charge in [-0.1, -0.05) is 6.92 Å². The van der Waals surface area contributed by atoms with Crippen molar-refractivity contribution in [2.45, 2.75) is 26.2 Å². The van der Waals surface area contributed by atoms with Crippen LogP contribution in [-0.2, 0) is 11.2 Å². The first-order valence-electron chi connectivity index (χ1n) is 6.88. The Bertz CT molecular complexity index is 742. The molecule has 0 aliphatic carbocycles. The number of Topliss-reactive ketones (excluding diaryl/α,β-unsaturated/α-hetero) is 1. The van der Waals surface area contributed by atoms with Crippen molar-refractivity contribution in [1.29, 1.82) is 0 Å². The number of aliphatic carboxylic acids is 1. The van der Waals surface area contributed by atoms with Crippen LogP contribution in [0.1, 0.15) is 35.7 Å². The van der Waals surface area contributed by atoms with Gasteiger partial charge in [0.15, 0.2) is 11.6 Å². The topological polar surface area (TPSA) is 76.5 Å². The summed E-state index contributed by atoms with van der Waals surface area (Å²) < 4.78 is 19.6. The molecule has 0 spiro atoms. The van der Waals surface area contributed by atoms with Crippen molar-refractivity contribution >= 4 is 22.7 Å². The average Bonchev–Trinajstić information content (AvgIpc) is 2.51. The summed E-state index contributed by atoms with van der Waals surface area (Å²) >= 11 is 0. The number of hydrogen-bond donors (Lipinski definition) is 1. The number of pyridine rings is 1. The first kappa shape index (κ1) is 15.9. The Balaban J connectivity index is 2.46. The van der Waals surface area contributed by atoms with Crippen molar-refractivity contribution in [2.75, 3.05) is 7.11 Å². The van der Waals surface area contributed by atoms with Gasteiger partial charge in [0.1, 0.15) is 11.3 Å². The van der Waals surface area contributed by atoms with Gasteiger partial charge in [0.25, 0.3) is 0 Å². The van der Waals surface area contributed by atoms with Gasteiger partial charge < -0.3 is 9.84 Å². The summed E-state index contributed by atoms with van der Waals surface area (Å²) in [5.41, 5.74) is 0.874. The van der Waals surface area contributed by atoms with Gasteiger partial charge in [0.05, 0.1) is 13.5 Å². The van der Waals surface area contributed by atoms with E-state index in [4.69, 9.17) is 9.84 Å². The third-order valence-electron chi connectivity index (χ3n) is 3.44. The van der Waals surface area contributed by atoms with E-state index in [2.05, 4.69) is 4.98 Å². The number of rotatable bonds is 6. The Morgan fingerprint density at radius 1 is 1.32 bits per heavy atom. The molecule has 0 fully saturated rings. The highest BCUT2D eigenvalue weighted by molar-refractivity contribution is 6.00. The fraction of sp³-hybridized carbons (Fsp3) is 0.312. The Kier molecular flexibility index (Phi) is 4.70. The predicted molar refractivity (Wildman–Crippen MR) is 78.8 cm³/mol. The average molecular weight is 305 g/mol. The lowest BCUT2D eigenvalue weighted by atomic mass is 10.0. The molecule has 116 valence electrons. The van der Waals surface area contributed by atoms with Crippen LogP contribution in [0.25, 0.3) is 10.9 Å². The number of aromatic nitrogens is 1. The van der Waals surface area contributed by atoms with Gasteiger partial charge in [-0.25, -0.2) is 4.39 Å². The van der Waals surface area contributed by atoms with E-state index in [1.807, 2.05) is 6.92 Å². The highest BCUT2D eigenvalue weighted by Crippen LogP contribution is 2.29. The van der Waals surface area contributed by atoms with Crippen LogP contribution in [0.5, 0.6) is 5.75 Å². The number of carbonyl (C=O) groups is 2. The molecule has 0 saturated carbocycles. The van der Waals surface area contributed by atoms with Gasteiger partial charge in [0.2, 0.25) is 0 Å². The van der Waals surface area contributed by atoms with Crippen molar-refractivity contribution in [2.24, 2.45) is 0 Å². The van der Waals surface area contributed by atoms with Crippen molar-refractivity contribution in [3.8, 4) is 5.75 Å². The summed E-state index contributed by atoms with van der Waals surface area (Å²) in [5.74, 6) is -1.43. The number of hydrogen-bond acceptors (Lipinski definition) is 4. The molecule has 1 aromatic heterocycles. The molecule has 0 saturated heterocycles. The number of nitrogens with zero attached hydrogens (tertiary/aromatic N) is 1. The number of halogens is 1. The zero-order chi connectivity index (χ0) is 16.3. The van der Waals surface area contributed by atoms with E-state index in [0.29, 0.717) is 23.1 Å².